The fourth-order valence-electron chi connectivity index (χ4n) is 8.89. The fourth-order valence-corrected chi connectivity index (χ4v) is 8.89. The highest BCUT2D eigenvalue weighted by molar-refractivity contribution is 6.25. The van der Waals surface area contributed by atoms with Gasteiger partial charge in [-0.3, -0.25) is 0 Å². The first-order chi connectivity index (χ1) is 26.5. The van der Waals surface area contributed by atoms with E-state index in [9.17, 15) is 0 Å². The molecule has 10 aromatic rings. The second kappa shape index (κ2) is 11.6. The van der Waals surface area contributed by atoms with Crippen molar-refractivity contribution in [2.75, 3.05) is 4.90 Å². The van der Waals surface area contributed by atoms with Gasteiger partial charge in [-0.05, 0) is 100 Å². The van der Waals surface area contributed by atoms with Gasteiger partial charge in [0.05, 0.1) is 22.1 Å². The lowest BCUT2D eigenvalue weighted by Gasteiger charge is -2.34. The molecule has 1 aliphatic rings. The summed E-state index contributed by atoms with van der Waals surface area (Å²) >= 11 is 0. The van der Waals surface area contributed by atoms with Crippen molar-refractivity contribution in [3.63, 3.8) is 0 Å². The van der Waals surface area contributed by atoms with Gasteiger partial charge in [-0.1, -0.05) is 129 Å². The second-order valence-corrected chi connectivity index (χ2v) is 15.0. The summed E-state index contributed by atoms with van der Waals surface area (Å²) in [7, 11) is 0. The number of para-hydroxylation sites is 3. The van der Waals surface area contributed by atoms with E-state index in [-0.39, 0.29) is 5.41 Å². The van der Waals surface area contributed by atoms with Gasteiger partial charge in [0.15, 0.2) is 0 Å². The van der Waals surface area contributed by atoms with E-state index in [1.165, 1.54) is 66.3 Å². The Morgan fingerprint density at radius 2 is 1.04 bits per heavy atom. The average molecular weight is 693 g/mol. The summed E-state index contributed by atoms with van der Waals surface area (Å²) in [5.74, 6) is 0. The van der Waals surface area contributed by atoms with Gasteiger partial charge in [0.25, 0.3) is 0 Å². The third-order valence-electron chi connectivity index (χ3n) is 11.6. The standard InChI is InChI=1S/C51H36N2O/c1-51(2)43-18-10-11-19-46(43)53-45-30-25-36(31-42(45)48-49(53)44(51)32-41-40-17-9-12-20-47(40)54-50(41)48)35-23-28-39(29-24-35)52(37-15-7-4-8-16-37)38-26-21-34(22-27-38)33-13-5-3-6-14-33/h3-32H,1-2H3. The van der Waals surface area contributed by atoms with Gasteiger partial charge in [-0.15, -0.1) is 0 Å². The molecule has 3 heterocycles. The summed E-state index contributed by atoms with van der Waals surface area (Å²) in [4.78, 5) is 2.32. The molecule has 0 saturated carbocycles. The molecule has 0 spiro atoms. The third-order valence-corrected chi connectivity index (χ3v) is 11.6. The SMILES string of the molecule is CC1(C)c2ccccc2-n2c3ccc(-c4ccc(N(c5ccccc5)c5ccc(-c6ccccc6)cc5)cc4)cc3c3c4oc5ccccc5c4cc1c32. The van der Waals surface area contributed by atoms with Crippen molar-refractivity contribution in [2.45, 2.75) is 19.3 Å². The number of nitrogens with zero attached hydrogens (tertiary/aromatic N) is 2. The van der Waals surface area contributed by atoms with E-state index in [0.29, 0.717) is 0 Å². The van der Waals surface area contributed by atoms with Crippen LogP contribution in [0.3, 0.4) is 0 Å². The molecule has 8 aromatic carbocycles. The molecule has 0 fully saturated rings. The Bertz CT molecular complexity index is 3040. The van der Waals surface area contributed by atoms with Crippen molar-refractivity contribution in [1.29, 1.82) is 0 Å². The topological polar surface area (TPSA) is 21.3 Å². The van der Waals surface area contributed by atoms with Gasteiger partial charge in [0.2, 0.25) is 0 Å². The number of furan rings is 1. The van der Waals surface area contributed by atoms with E-state index in [1.807, 2.05) is 0 Å². The van der Waals surface area contributed by atoms with Gasteiger partial charge >= 0.3 is 0 Å². The molecule has 0 N–H and O–H groups in total. The van der Waals surface area contributed by atoms with Crippen LogP contribution < -0.4 is 4.90 Å². The van der Waals surface area contributed by atoms with E-state index in [4.69, 9.17) is 4.42 Å². The number of anilines is 3. The molecular weight excluding hydrogens is 657 g/mol. The summed E-state index contributed by atoms with van der Waals surface area (Å²) in [5.41, 5.74) is 16.1. The summed E-state index contributed by atoms with van der Waals surface area (Å²) in [6, 6.07) is 65.6. The maximum Gasteiger partial charge on any atom is 0.145 e. The number of fused-ring (bicyclic) bond motifs is 9. The lowest BCUT2D eigenvalue weighted by atomic mass is 9.74. The highest BCUT2D eigenvalue weighted by atomic mass is 16.3. The molecule has 3 heteroatoms. The molecule has 0 atom stereocenters. The molecule has 0 amide bonds. The van der Waals surface area contributed by atoms with Crippen molar-refractivity contribution in [1.82, 2.24) is 4.57 Å². The Labute approximate surface area is 314 Å². The minimum Gasteiger partial charge on any atom is -0.455 e. The van der Waals surface area contributed by atoms with E-state index in [1.54, 1.807) is 0 Å². The van der Waals surface area contributed by atoms with E-state index in [2.05, 4.69) is 205 Å². The Morgan fingerprint density at radius 1 is 0.463 bits per heavy atom. The molecule has 11 rings (SSSR count). The minimum atomic E-state index is -0.184. The minimum absolute atomic E-state index is 0.184. The zero-order chi connectivity index (χ0) is 36.0. The Kier molecular flexibility index (Phi) is 6.60. The zero-order valence-electron chi connectivity index (χ0n) is 30.1. The van der Waals surface area contributed by atoms with E-state index in [0.717, 1.165) is 33.6 Å². The van der Waals surface area contributed by atoms with Crippen LogP contribution in [0, 0.1) is 0 Å². The molecule has 256 valence electrons. The zero-order valence-corrected chi connectivity index (χ0v) is 30.1. The van der Waals surface area contributed by atoms with Crippen molar-refractivity contribution >= 4 is 60.8 Å². The molecule has 0 radical (unpaired) electrons. The molecule has 3 nitrogen and oxygen atoms in total. The number of benzene rings is 8. The summed E-state index contributed by atoms with van der Waals surface area (Å²) in [6.45, 7) is 4.72. The van der Waals surface area contributed by atoms with Crippen LogP contribution in [-0.4, -0.2) is 4.57 Å². The first-order valence-electron chi connectivity index (χ1n) is 18.7. The molecule has 0 saturated heterocycles. The van der Waals surface area contributed by atoms with Crippen molar-refractivity contribution in [2.24, 2.45) is 0 Å². The van der Waals surface area contributed by atoms with Gasteiger partial charge in [0.1, 0.15) is 11.2 Å². The second-order valence-electron chi connectivity index (χ2n) is 15.0. The number of hydrogen-bond acceptors (Lipinski definition) is 2. The molecule has 1 aliphatic heterocycles. The van der Waals surface area contributed by atoms with Crippen molar-refractivity contribution in [3.8, 4) is 27.9 Å². The van der Waals surface area contributed by atoms with Gasteiger partial charge in [-0.25, -0.2) is 0 Å². The van der Waals surface area contributed by atoms with Crippen LogP contribution in [0.25, 0.3) is 71.7 Å². The lowest BCUT2D eigenvalue weighted by molar-refractivity contribution is 0.630. The van der Waals surface area contributed by atoms with Crippen LogP contribution in [0.2, 0.25) is 0 Å². The smallest absolute Gasteiger partial charge is 0.145 e. The van der Waals surface area contributed by atoms with Crippen LogP contribution in [0.15, 0.2) is 186 Å². The van der Waals surface area contributed by atoms with E-state index < -0.39 is 0 Å². The number of hydrogen-bond donors (Lipinski definition) is 0. The van der Waals surface area contributed by atoms with Crippen LogP contribution >= 0.6 is 0 Å². The van der Waals surface area contributed by atoms with Gasteiger partial charge in [0, 0.05) is 38.6 Å². The maximum absolute atomic E-state index is 6.75. The average Bonchev–Trinajstić information content (AvgIpc) is 3.77. The highest BCUT2D eigenvalue weighted by Gasteiger charge is 2.36. The predicted molar refractivity (Wildman–Crippen MR) is 226 cm³/mol. The van der Waals surface area contributed by atoms with Crippen molar-refractivity contribution < 1.29 is 4.42 Å². The quantitative estimate of drug-likeness (QED) is 0.179. The van der Waals surface area contributed by atoms with Gasteiger partial charge < -0.3 is 13.9 Å². The first-order valence-corrected chi connectivity index (χ1v) is 18.7. The molecule has 54 heavy (non-hydrogen) atoms. The fraction of sp³-hybridized carbons (Fsp3) is 0.0588. The molecule has 0 aliphatic carbocycles. The number of rotatable bonds is 5. The third kappa shape index (κ3) is 4.48. The maximum atomic E-state index is 6.75. The summed E-state index contributed by atoms with van der Waals surface area (Å²) < 4.78 is 9.23. The first kappa shape index (κ1) is 30.8. The van der Waals surface area contributed by atoms with Crippen molar-refractivity contribution in [3.05, 3.63) is 193 Å². The van der Waals surface area contributed by atoms with Gasteiger partial charge in [-0.2, -0.15) is 0 Å². The monoisotopic (exact) mass is 692 g/mol. The summed E-state index contributed by atoms with van der Waals surface area (Å²) in [6.07, 6.45) is 0. The predicted octanol–water partition coefficient (Wildman–Crippen LogP) is 14.1. The van der Waals surface area contributed by atoms with Crippen LogP contribution in [0.5, 0.6) is 0 Å². The van der Waals surface area contributed by atoms with Crippen LogP contribution in [-0.2, 0) is 5.41 Å². The largest absolute Gasteiger partial charge is 0.455 e. The Balaban J connectivity index is 1.07. The lowest BCUT2D eigenvalue weighted by Crippen LogP contribution is -2.26. The Morgan fingerprint density at radius 3 is 1.78 bits per heavy atom. The molecular formula is C51H36N2O. The highest BCUT2D eigenvalue weighted by Crippen LogP contribution is 2.51. The molecule has 2 aromatic heterocycles. The molecule has 0 unspecified atom stereocenters. The van der Waals surface area contributed by atoms with Crippen LogP contribution in [0.4, 0.5) is 17.1 Å². The normalized spacial score (nSPS) is 13.1. The summed E-state index contributed by atoms with van der Waals surface area (Å²) in [5, 5.41) is 4.72. The van der Waals surface area contributed by atoms with Crippen LogP contribution in [0.1, 0.15) is 25.0 Å². The van der Waals surface area contributed by atoms with E-state index >= 15 is 0 Å². The number of aromatic nitrogens is 1. The molecule has 0 bridgehead atoms. The Hall–Kier alpha value is -6.84.